The summed E-state index contributed by atoms with van der Waals surface area (Å²) in [6, 6.07) is 14.3. The van der Waals surface area contributed by atoms with E-state index in [1.807, 2.05) is 30.3 Å². The Morgan fingerprint density at radius 1 is 1.11 bits per heavy atom. The summed E-state index contributed by atoms with van der Waals surface area (Å²) in [5.74, 6) is 0. The van der Waals surface area contributed by atoms with E-state index in [1.54, 1.807) is 18.3 Å². The Kier molecular flexibility index (Phi) is 4.11. The molecule has 0 spiro atoms. The van der Waals surface area contributed by atoms with E-state index in [0.717, 1.165) is 21.9 Å². The van der Waals surface area contributed by atoms with Crippen molar-refractivity contribution in [3.63, 3.8) is 0 Å². The molecule has 0 atom stereocenters. The van der Waals surface area contributed by atoms with Crippen LogP contribution in [0.5, 0.6) is 0 Å². The SMILES string of the molecule is N=CC(=C(N)C(F)(F)F)c1cc(-c2ccccc2)c2c(ccc3[nH]ncc32)n1. The number of aromatic nitrogens is 3. The van der Waals surface area contributed by atoms with E-state index in [-0.39, 0.29) is 5.69 Å². The molecule has 4 rings (SSSR count). The minimum Gasteiger partial charge on any atom is -0.394 e. The lowest BCUT2D eigenvalue weighted by Crippen LogP contribution is -2.22. The number of nitrogens with two attached hydrogens (primary N) is 1. The number of hydrogen-bond acceptors (Lipinski definition) is 4. The van der Waals surface area contributed by atoms with Gasteiger partial charge in [0.2, 0.25) is 0 Å². The van der Waals surface area contributed by atoms with Gasteiger partial charge in [0.25, 0.3) is 0 Å². The molecule has 0 saturated heterocycles. The number of nitrogens with one attached hydrogen (secondary N) is 2. The molecule has 0 saturated carbocycles. The molecule has 0 amide bonds. The van der Waals surface area contributed by atoms with Crippen LogP contribution in [0.15, 0.2) is 60.4 Å². The van der Waals surface area contributed by atoms with Crippen molar-refractivity contribution in [3.8, 4) is 11.1 Å². The maximum Gasteiger partial charge on any atom is 0.431 e. The fourth-order valence-electron chi connectivity index (χ4n) is 3.18. The fraction of sp³-hybridized carbons (Fsp3) is 0.0500. The number of nitrogens with zero attached hydrogens (tertiary/aromatic N) is 2. The van der Waals surface area contributed by atoms with Crippen LogP contribution in [0.4, 0.5) is 13.2 Å². The first-order chi connectivity index (χ1) is 13.4. The van der Waals surface area contributed by atoms with Gasteiger partial charge in [-0.2, -0.15) is 18.3 Å². The lowest BCUT2D eigenvalue weighted by Gasteiger charge is -2.14. The molecule has 28 heavy (non-hydrogen) atoms. The average molecular weight is 381 g/mol. The second kappa shape index (κ2) is 6.49. The minimum atomic E-state index is -4.76. The van der Waals surface area contributed by atoms with Gasteiger partial charge in [-0.05, 0) is 29.3 Å². The molecule has 0 radical (unpaired) electrons. The van der Waals surface area contributed by atoms with Crippen molar-refractivity contribution in [1.82, 2.24) is 15.2 Å². The third-order valence-corrected chi connectivity index (χ3v) is 4.49. The summed E-state index contributed by atoms with van der Waals surface area (Å²) in [5, 5.41) is 16.0. The molecule has 0 aliphatic carbocycles. The summed E-state index contributed by atoms with van der Waals surface area (Å²) < 4.78 is 39.4. The van der Waals surface area contributed by atoms with Gasteiger partial charge >= 0.3 is 6.18 Å². The molecular formula is C20H14F3N5. The van der Waals surface area contributed by atoms with Crippen LogP contribution in [-0.4, -0.2) is 27.6 Å². The predicted molar refractivity (Wildman–Crippen MR) is 103 cm³/mol. The Hall–Kier alpha value is -3.68. The van der Waals surface area contributed by atoms with Crippen molar-refractivity contribution in [1.29, 1.82) is 5.41 Å². The second-order valence-corrected chi connectivity index (χ2v) is 6.18. The molecule has 2 aromatic carbocycles. The van der Waals surface area contributed by atoms with E-state index in [1.165, 1.54) is 6.07 Å². The number of rotatable bonds is 3. The molecule has 4 aromatic rings. The number of hydrogen-bond donors (Lipinski definition) is 3. The smallest absolute Gasteiger partial charge is 0.394 e. The largest absolute Gasteiger partial charge is 0.431 e. The molecule has 8 heteroatoms. The van der Waals surface area contributed by atoms with Crippen LogP contribution < -0.4 is 5.73 Å². The van der Waals surface area contributed by atoms with Gasteiger partial charge in [-0.3, -0.25) is 5.10 Å². The Morgan fingerprint density at radius 3 is 2.54 bits per heavy atom. The number of benzene rings is 2. The zero-order chi connectivity index (χ0) is 19.9. The molecule has 2 aromatic heterocycles. The average Bonchev–Trinajstić information content (AvgIpc) is 3.16. The van der Waals surface area contributed by atoms with E-state index in [2.05, 4.69) is 15.2 Å². The van der Waals surface area contributed by atoms with E-state index >= 15 is 0 Å². The van der Waals surface area contributed by atoms with Gasteiger partial charge in [-0.1, -0.05) is 30.3 Å². The number of halogens is 3. The third-order valence-electron chi connectivity index (χ3n) is 4.49. The van der Waals surface area contributed by atoms with Crippen LogP contribution >= 0.6 is 0 Å². The zero-order valence-corrected chi connectivity index (χ0v) is 14.4. The number of H-pyrrole nitrogens is 1. The first kappa shape index (κ1) is 17.7. The van der Waals surface area contributed by atoms with Gasteiger partial charge in [0.05, 0.1) is 22.9 Å². The molecule has 2 heterocycles. The highest BCUT2D eigenvalue weighted by molar-refractivity contribution is 6.15. The normalized spacial score (nSPS) is 13.0. The fourth-order valence-corrected chi connectivity index (χ4v) is 3.18. The standard InChI is InChI=1S/C20H14F3N5/c21-20(22,23)19(25)13(9-24)17-8-12(11-4-2-1-3-5-11)18-14-10-26-28-15(14)6-7-16(18)27-17/h1-10,24H,25H2,(H,26,28). The topological polar surface area (TPSA) is 91.4 Å². The Balaban J connectivity index is 2.12. The van der Waals surface area contributed by atoms with Crippen LogP contribution in [0.2, 0.25) is 0 Å². The van der Waals surface area contributed by atoms with E-state index < -0.39 is 17.4 Å². The van der Waals surface area contributed by atoms with E-state index in [0.29, 0.717) is 17.3 Å². The lowest BCUT2D eigenvalue weighted by molar-refractivity contribution is -0.0918. The predicted octanol–water partition coefficient (Wildman–Crippen LogP) is 4.66. The van der Waals surface area contributed by atoms with Gasteiger partial charge in [-0.25, -0.2) is 4.98 Å². The zero-order valence-electron chi connectivity index (χ0n) is 14.4. The molecule has 0 aliphatic heterocycles. The molecule has 4 N–H and O–H groups in total. The van der Waals surface area contributed by atoms with Crippen molar-refractivity contribution in [2.75, 3.05) is 0 Å². The van der Waals surface area contributed by atoms with Crippen molar-refractivity contribution in [2.45, 2.75) is 6.18 Å². The highest BCUT2D eigenvalue weighted by Crippen LogP contribution is 2.36. The Labute approximate surface area is 157 Å². The number of aromatic amines is 1. The van der Waals surface area contributed by atoms with Crippen molar-refractivity contribution in [2.24, 2.45) is 5.73 Å². The second-order valence-electron chi connectivity index (χ2n) is 6.18. The lowest BCUT2D eigenvalue weighted by atomic mass is 9.96. The third kappa shape index (κ3) is 2.88. The van der Waals surface area contributed by atoms with E-state index in [9.17, 15) is 13.2 Å². The van der Waals surface area contributed by atoms with Gasteiger partial charge in [0.15, 0.2) is 0 Å². The molecule has 0 fully saturated rings. The summed E-state index contributed by atoms with van der Waals surface area (Å²) >= 11 is 0. The summed E-state index contributed by atoms with van der Waals surface area (Å²) in [6.45, 7) is 0. The van der Waals surface area contributed by atoms with Crippen LogP contribution in [-0.2, 0) is 0 Å². The number of pyridine rings is 1. The number of fused-ring (bicyclic) bond motifs is 3. The summed E-state index contributed by atoms with van der Waals surface area (Å²) in [7, 11) is 0. The van der Waals surface area contributed by atoms with Gasteiger partial charge < -0.3 is 11.1 Å². The number of allylic oxidation sites excluding steroid dienone is 2. The minimum absolute atomic E-state index is 0.0148. The molecular weight excluding hydrogens is 367 g/mol. The monoisotopic (exact) mass is 381 g/mol. The maximum absolute atomic E-state index is 13.1. The Bertz CT molecular complexity index is 1220. The van der Waals surface area contributed by atoms with Crippen molar-refractivity contribution < 1.29 is 13.2 Å². The highest BCUT2D eigenvalue weighted by atomic mass is 19.4. The Morgan fingerprint density at radius 2 is 1.86 bits per heavy atom. The van der Waals surface area contributed by atoms with E-state index in [4.69, 9.17) is 11.1 Å². The first-order valence-electron chi connectivity index (χ1n) is 8.30. The maximum atomic E-state index is 13.1. The van der Waals surface area contributed by atoms with Gasteiger partial charge in [-0.15, -0.1) is 0 Å². The first-order valence-corrected chi connectivity index (χ1v) is 8.30. The molecule has 0 bridgehead atoms. The quantitative estimate of drug-likeness (QED) is 0.451. The van der Waals surface area contributed by atoms with Crippen LogP contribution in [0.1, 0.15) is 5.69 Å². The summed E-state index contributed by atoms with van der Waals surface area (Å²) in [6.07, 6.45) is -2.52. The molecule has 5 nitrogen and oxygen atoms in total. The number of alkyl halides is 3. The van der Waals surface area contributed by atoms with Crippen LogP contribution in [0.25, 0.3) is 38.5 Å². The molecule has 0 aliphatic rings. The molecule has 140 valence electrons. The van der Waals surface area contributed by atoms with Gasteiger partial charge in [0.1, 0.15) is 5.70 Å². The van der Waals surface area contributed by atoms with Crippen molar-refractivity contribution >= 4 is 33.6 Å². The summed E-state index contributed by atoms with van der Waals surface area (Å²) in [5.41, 5.74) is 6.22. The van der Waals surface area contributed by atoms with Gasteiger partial charge in [0, 0.05) is 22.6 Å². The van der Waals surface area contributed by atoms with Crippen molar-refractivity contribution in [3.05, 3.63) is 66.1 Å². The highest BCUT2D eigenvalue weighted by Gasteiger charge is 2.34. The van der Waals surface area contributed by atoms with Crippen LogP contribution in [0.3, 0.4) is 0 Å². The molecule has 0 unspecified atom stereocenters. The summed E-state index contributed by atoms with van der Waals surface area (Å²) in [4.78, 5) is 4.37. The van der Waals surface area contributed by atoms with Crippen LogP contribution in [0, 0.1) is 5.41 Å².